The number of benzene rings is 3. The van der Waals surface area contributed by atoms with Gasteiger partial charge in [0.2, 0.25) is 5.79 Å². The van der Waals surface area contributed by atoms with Gasteiger partial charge in [-0.25, -0.2) is 9.18 Å². The van der Waals surface area contributed by atoms with Gasteiger partial charge in [-0.2, -0.15) is 0 Å². The summed E-state index contributed by atoms with van der Waals surface area (Å²) in [6.45, 7) is 7.13. The van der Waals surface area contributed by atoms with Crippen molar-refractivity contribution >= 4 is 23.6 Å². The maximum Gasteiger partial charge on any atom is 0.410 e. The fourth-order valence-electron chi connectivity index (χ4n) is 8.92. The normalized spacial score (nSPS) is 23.8. The Balaban J connectivity index is 1.51. The summed E-state index contributed by atoms with van der Waals surface area (Å²) in [5.74, 6) is -0.234. The van der Waals surface area contributed by atoms with E-state index in [9.17, 15) is 19.4 Å². The average molecular weight is 817 g/mol. The summed E-state index contributed by atoms with van der Waals surface area (Å²) in [4.78, 5) is 22.6. The highest BCUT2D eigenvalue weighted by atomic mass is 32.2. The van der Waals surface area contributed by atoms with Gasteiger partial charge in [-0.15, -0.1) is 18.3 Å². The molecule has 0 bridgehead atoms. The molecule has 0 saturated heterocycles. The number of aliphatic hydroxyl groups excluding tert-OH is 2. The lowest BCUT2D eigenvalue weighted by molar-refractivity contribution is -0.256. The third kappa shape index (κ3) is 9.90. The van der Waals surface area contributed by atoms with Crippen LogP contribution in [0.25, 0.3) is 0 Å². The van der Waals surface area contributed by atoms with Crippen LogP contribution in [0, 0.1) is 23.6 Å². The molecular weight excluding hydrogens is 760 g/mol. The molecule has 10 nitrogen and oxygen atoms in total. The van der Waals surface area contributed by atoms with Gasteiger partial charge >= 0.3 is 6.09 Å². The molecule has 0 aromatic heterocycles. The maximum atomic E-state index is 14.1. The Morgan fingerprint density at radius 3 is 2.52 bits per heavy atom. The largest absolute Gasteiger partial charge is 0.493 e. The fraction of sp³-hybridized carbons (Fsp3) is 0.478. The van der Waals surface area contributed by atoms with E-state index in [0.717, 1.165) is 48.3 Å². The first-order chi connectivity index (χ1) is 28.4. The second-order valence-corrected chi connectivity index (χ2v) is 16.1. The molecule has 6 atom stereocenters. The van der Waals surface area contributed by atoms with Crippen LogP contribution in [-0.4, -0.2) is 84.6 Å². The number of ether oxygens (including phenoxy) is 4. The number of allylic oxidation sites excluding steroid dienone is 1. The van der Waals surface area contributed by atoms with Gasteiger partial charge in [0.15, 0.2) is 0 Å². The minimum absolute atomic E-state index is 0.0630. The molecular formula is C46H57FN2O8S. The number of oxime groups is 1. The standard InChI is InChI=1S/C46H57FN2O8S/c1-4-25-55-46-42(49(45(52)53-3)31-32-17-19-34(47)20-18-32)30-40(48-56-5-2)38-28-33(13-9-11-23-50)37(16-10-12-24-51)43(44(38)46)39-29-35(21-22-41(39)57-46)54-26-27-58-36-14-7-6-8-15-36/h4,6-8,14-15,17-22,28-29,33,37,42-44,50-51H,1,5,9-13,16,23-27,30-31H2,2-3H3/t33-,37+,42-,43+,44+,46+/m0/s1. The van der Waals surface area contributed by atoms with Crippen LogP contribution in [0.3, 0.4) is 0 Å². The molecule has 0 unspecified atom stereocenters. The molecule has 1 amide bonds. The first-order valence-corrected chi connectivity index (χ1v) is 21.5. The lowest BCUT2D eigenvalue weighted by atomic mass is 9.55. The number of methoxy groups -OCH3 is 1. The van der Waals surface area contributed by atoms with E-state index in [-0.39, 0.29) is 56.4 Å². The molecule has 1 heterocycles. The Morgan fingerprint density at radius 1 is 1.05 bits per heavy atom. The van der Waals surface area contributed by atoms with Crippen molar-refractivity contribution < 1.29 is 43.2 Å². The summed E-state index contributed by atoms with van der Waals surface area (Å²) in [7, 11) is 1.34. The minimum Gasteiger partial charge on any atom is -0.493 e. The lowest BCUT2D eigenvalue weighted by Crippen LogP contribution is -2.70. The van der Waals surface area contributed by atoms with Gasteiger partial charge in [0.1, 0.15) is 30.0 Å². The molecule has 1 saturated carbocycles. The highest BCUT2D eigenvalue weighted by Crippen LogP contribution is 2.62. The van der Waals surface area contributed by atoms with Crippen molar-refractivity contribution in [1.82, 2.24) is 4.90 Å². The number of hydrogen-bond donors (Lipinski definition) is 2. The van der Waals surface area contributed by atoms with Gasteiger partial charge in [-0.05, 0) is 98.0 Å². The summed E-state index contributed by atoms with van der Waals surface area (Å²) in [6, 6.07) is 21.5. The van der Waals surface area contributed by atoms with Crippen molar-refractivity contribution in [3.63, 3.8) is 0 Å². The molecule has 3 aromatic carbocycles. The zero-order valence-corrected chi connectivity index (χ0v) is 34.4. The molecule has 3 aromatic rings. The first-order valence-electron chi connectivity index (χ1n) is 20.5. The van der Waals surface area contributed by atoms with Crippen LogP contribution >= 0.6 is 11.8 Å². The third-order valence-electron chi connectivity index (χ3n) is 11.4. The number of hydrogen-bond acceptors (Lipinski definition) is 10. The first kappa shape index (κ1) is 43.2. The third-order valence-corrected chi connectivity index (χ3v) is 12.3. The quantitative estimate of drug-likeness (QED) is 0.0470. The van der Waals surface area contributed by atoms with Crippen LogP contribution in [0.4, 0.5) is 9.18 Å². The number of thioether (sulfide) groups is 1. The highest BCUT2D eigenvalue weighted by Gasteiger charge is 2.65. The van der Waals surface area contributed by atoms with E-state index in [2.05, 4.69) is 30.9 Å². The van der Waals surface area contributed by atoms with Gasteiger partial charge in [0, 0.05) is 48.3 Å². The number of unbranched alkanes of at least 4 members (excludes halogenated alkanes) is 2. The van der Waals surface area contributed by atoms with Crippen molar-refractivity contribution in [3.8, 4) is 11.5 Å². The lowest BCUT2D eigenvalue weighted by Gasteiger charge is -2.59. The van der Waals surface area contributed by atoms with E-state index >= 15 is 0 Å². The topological polar surface area (TPSA) is 119 Å². The van der Waals surface area contributed by atoms with E-state index in [1.165, 1.54) is 24.1 Å². The Morgan fingerprint density at radius 2 is 1.81 bits per heavy atom. The van der Waals surface area contributed by atoms with Crippen molar-refractivity contribution in [1.29, 1.82) is 0 Å². The molecule has 6 rings (SSSR count). The molecule has 312 valence electrons. The van der Waals surface area contributed by atoms with Gasteiger partial charge < -0.3 is 34.0 Å². The number of amides is 1. The van der Waals surface area contributed by atoms with E-state index in [0.29, 0.717) is 43.1 Å². The Bertz CT molecular complexity index is 1860. The molecule has 0 radical (unpaired) electrons. The average Bonchev–Trinajstić information content (AvgIpc) is 3.25. The zero-order chi connectivity index (χ0) is 40.9. The van der Waals surface area contributed by atoms with Gasteiger partial charge in [0.05, 0.1) is 32.0 Å². The molecule has 2 aliphatic carbocycles. The molecule has 58 heavy (non-hydrogen) atoms. The summed E-state index contributed by atoms with van der Waals surface area (Å²) in [6.07, 6.45) is 8.23. The minimum atomic E-state index is -1.45. The Kier molecular flexibility index (Phi) is 15.7. The van der Waals surface area contributed by atoms with Gasteiger partial charge in [-0.3, -0.25) is 4.90 Å². The van der Waals surface area contributed by atoms with E-state index < -0.39 is 23.8 Å². The van der Waals surface area contributed by atoms with Crippen LogP contribution in [0.15, 0.2) is 107 Å². The summed E-state index contributed by atoms with van der Waals surface area (Å²) >= 11 is 1.73. The highest BCUT2D eigenvalue weighted by molar-refractivity contribution is 7.99. The van der Waals surface area contributed by atoms with Crippen LogP contribution in [0.1, 0.15) is 68.9 Å². The number of fused-ring (bicyclic) bond motifs is 2. The summed E-state index contributed by atoms with van der Waals surface area (Å²) in [5.41, 5.74) is 3.30. The van der Waals surface area contributed by atoms with Crippen molar-refractivity contribution in [2.75, 3.05) is 45.9 Å². The van der Waals surface area contributed by atoms with Crippen LogP contribution in [0.2, 0.25) is 0 Å². The van der Waals surface area contributed by atoms with Crippen molar-refractivity contribution in [3.05, 3.63) is 114 Å². The maximum absolute atomic E-state index is 14.1. The van der Waals surface area contributed by atoms with E-state index in [4.69, 9.17) is 28.9 Å². The monoisotopic (exact) mass is 816 g/mol. The second-order valence-electron chi connectivity index (χ2n) is 14.9. The smallest absolute Gasteiger partial charge is 0.410 e. The number of carbonyl (C=O) groups excluding carboxylic acids is 1. The van der Waals surface area contributed by atoms with Crippen molar-refractivity contribution in [2.24, 2.45) is 22.9 Å². The SMILES string of the molecule is C=CCO[C@@]12Oc3ccc(OCCSc4ccccc4)cc3[C@H]3[C@H](CCCCO)[C@@H](CCCCO)C=C(C(=NOCC)C[C@@H]1N(Cc1ccc(F)cc1)C(=O)OC)[C@H]32. The second kappa shape index (κ2) is 21.1. The molecule has 0 spiro atoms. The molecule has 1 fully saturated rings. The van der Waals surface area contributed by atoms with E-state index in [1.54, 1.807) is 34.9 Å². The molecule has 1 aliphatic heterocycles. The number of rotatable bonds is 21. The summed E-state index contributed by atoms with van der Waals surface area (Å²) < 4.78 is 40.2. The molecule has 3 aliphatic rings. The molecule has 2 N–H and O–H groups in total. The Hall–Kier alpha value is -4.36. The van der Waals surface area contributed by atoms with Crippen LogP contribution < -0.4 is 9.47 Å². The predicted molar refractivity (Wildman–Crippen MR) is 224 cm³/mol. The number of nitrogens with zero attached hydrogens (tertiary/aromatic N) is 2. The fourth-order valence-corrected chi connectivity index (χ4v) is 9.67. The van der Waals surface area contributed by atoms with Crippen LogP contribution in [-0.2, 0) is 20.9 Å². The van der Waals surface area contributed by atoms with Gasteiger partial charge in [-0.1, -0.05) is 60.5 Å². The number of carbonyl (C=O) groups is 1. The Labute approximate surface area is 346 Å². The molecule has 12 heteroatoms. The number of aliphatic hydroxyl groups is 2. The predicted octanol–water partition coefficient (Wildman–Crippen LogP) is 8.92. The van der Waals surface area contributed by atoms with Gasteiger partial charge in [0.25, 0.3) is 0 Å². The zero-order valence-electron chi connectivity index (χ0n) is 33.6. The van der Waals surface area contributed by atoms with E-state index in [1.807, 2.05) is 37.3 Å². The van der Waals surface area contributed by atoms with Crippen molar-refractivity contribution in [2.45, 2.75) is 81.1 Å². The number of halogens is 1. The van der Waals surface area contributed by atoms with Crippen LogP contribution in [0.5, 0.6) is 11.5 Å². The summed E-state index contributed by atoms with van der Waals surface area (Å²) in [5, 5.41) is 24.5.